The number of benzene rings is 3. The molecule has 4 N–H and O–H groups in total. The lowest BCUT2D eigenvalue weighted by Gasteiger charge is -2.27. The minimum Gasteiger partial charge on any atom is -1.00 e. The number of halogens is 1. The number of carbonyl (C=O) groups excluding carboxylic acids is 6. The van der Waals surface area contributed by atoms with Crippen molar-refractivity contribution in [2.45, 2.75) is 55.9 Å². The number of ether oxygens (including phenoxy) is 2. The maximum Gasteiger partial charge on any atom is 0.325 e. The van der Waals surface area contributed by atoms with E-state index in [0.717, 1.165) is 30.8 Å². The summed E-state index contributed by atoms with van der Waals surface area (Å²) in [6.07, 6.45) is 3.10. The molecule has 1 fully saturated rings. The lowest BCUT2D eigenvalue weighted by atomic mass is 10.1. The normalized spacial score (nSPS) is 15.1. The molecule has 15 heteroatoms. The van der Waals surface area contributed by atoms with Crippen LogP contribution in [0.15, 0.2) is 91.0 Å². The van der Waals surface area contributed by atoms with Gasteiger partial charge in [0.1, 0.15) is 41.8 Å². The van der Waals surface area contributed by atoms with Gasteiger partial charge >= 0.3 is 11.9 Å². The number of hydrogen-bond acceptors (Lipinski definition) is 10. The number of likely N-dealkylation sites (tertiary alicyclic amines) is 1. The van der Waals surface area contributed by atoms with E-state index in [0.29, 0.717) is 13.0 Å². The first-order valence-corrected chi connectivity index (χ1v) is 20.6. The summed E-state index contributed by atoms with van der Waals surface area (Å²) in [6.45, 7) is -0.123. The minimum absolute atomic E-state index is 0. The quantitative estimate of drug-likeness (QED) is 0.0559. The van der Waals surface area contributed by atoms with Crippen LogP contribution in [-0.4, -0.2) is 97.0 Å². The molecule has 0 bridgehead atoms. The number of amides is 4. The number of nitrogens with zero attached hydrogens (tertiary/aromatic N) is 1. The first kappa shape index (κ1) is 44.3. The Kier molecular flexibility index (Phi) is 18.3. The molecule has 4 rings (SSSR count). The second-order valence-electron chi connectivity index (χ2n) is 12.6. The van der Waals surface area contributed by atoms with E-state index in [2.05, 4.69) is 92.9 Å². The summed E-state index contributed by atoms with van der Waals surface area (Å²) in [5.41, 5.74) is 5.73. The summed E-state index contributed by atoms with van der Waals surface area (Å²) < 4.78 is 9.16. The lowest BCUT2D eigenvalue weighted by Crippen LogP contribution is -3.00. The molecule has 4 amide bonds. The number of esters is 2. The van der Waals surface area contributed by atoms with Gasteiger partial charge in [-0.2, -0.15) is 0 Å². The van der Waals surface area contributed by atoms with Crippen molar-refractivity contribution in [3.63, 3.8) is 0 Å². The van der Waals surface area contributed by atoms with Gasteiger partial charge in [0.2, 0.25) is 23.6 Å². The van der Waals surface area contributed by atoms with Crippen LogP contribution in [0.2, 0.25) is 0 Å². The zero-order valence-electron chi connectivity index (χ0n) is 30.5. The molecular weight excluding hydrogens is 795 g/mol. The van der Waals surface area contributed by atoms with Crippen LogP contribution >= 0.6 is 19.0 Å². The SMILES string of the molecule is COC(=O)CNC(=O)C(CSC1CC(=O)N(CCCCC[P+](c2ccccc2)(c2ccccc2)c2ccccc2)C1=O)NC(=O)CCC(N)C(=O)OC.[Br-]. The molecule has 1 saturated heterocycles. The van der Waals surface area contributed by atoms with Crippen LogP contribution in [0.25, 0.3) is 0 Å². The van der Waals surface area contributed by atoms with Crippen molar-refractivity contribution in [2.75, 3.05) is 39.2 Å². The topological polar surface area (TPSA) is 174 Å². The van der Waals surface area contributed by atoms with Gasteiger partial charge in [-0.15, -0.1) is 11.8 Å². The van der Waals surface area contributed by atoms with E-state index in [1.807, 2.05) is 18.2 Å². The molecule has 0 spiro atoms. The number of methoxy groups -OCH3 is 2. The number of unbranched alkanes of at least 4 members (excludes halogenated alkanes) is 2. The van der Waals surface area contributed by atoms with E-state index in [9.17, 15) is 28.8 Å². The third-order valence-electron chi connectivity index (χ3n) is 9.11. The van der Waals surface area contributed by atoms with E-state index < -0.39 is 54.9 Å². The van der Waals surface area contributed by atoms with Crippen LogP contribution in [0.5, 0.6) is 0 Å². The summed E-state index contributed by atoms with van der Waals surface area (Å²) in [4.78, 5) is 76.6. The monoisotopic (exact) mass is 842 g/mol. The fraction of sp³-hybridized carbons (Fsp3) is 0.385. The van der Waals surface area contributed by atoms with Crippen molar-refractivity contribution >= 4 is 70.5 Å². The van der Waals surface area contributed by atoms with Crippen LogP contribution in [0.3, 0.4) is 0 Å². The average Bonchev–Trinajstić information content (AvgIpc) is 3.47. The van der Waals surface area contributed by atoms with Crippen LogP contribution in [0.4, 0.5) is 0 Å². The molecule has 0 aliphatic carbocycles. The van der Waals surface area contributed by atoms with Gasteiger partial charge in [0.25, 0.3) is 0 Å². The van der Waals surface area contributed by atoms with Crippen LogP contribution in [0, 0.1) is 0 Å². The number of carbonyl (C=O) groups is 6. The van der Waals surface area contributed by atoms with E-state index >= 15 is 0 Å². The third-order valence-corrected chi connectivity index (χ3v) is 14.9. The number of thioether (sulfide) groups is 1. The number of nitrogens with one attached hydrogen (secondary N) is 2. The van der Waals surface area contributed by atoms with Gasteiger partial charge < -0.3 is 42.8 Å². The molecular formula is C39H48BrN4O8PS. The van der Waals surface area contributed by atoms with Gasteiger partial charge in [0.05, 0.1) is 25.6 Å². The van der Waals surface area contributed by atoms with Crippen molar-refractivity contribution in [1.29, 1.82) is 0 Å². The van der Waals surface area contributed by atoms with Gasteiger partial charge in [-0.25, -0.2) is 0 Å². The first-order chi connectivity index (χ1) is 25.6. The molecule has 290 valence electrons. The van der Waals surface area contributed by atoms with Crippen LogP contribution in [0.1, 0.15) is 38.5 Å². The highest BCUT2D eigenvalue weighted by Crippen LogP contribution is 2.56. The maximum atomic E-state index is 13.4. The summed E-state index contributed by atoms with van der Waals surface area (Å²) in [7, 11) is 0.382. The highest BCUT2D eigenvalue weighted by atomic mass is 79.9. The van der Waals surface area contributed by atoms with Crippen LogP contribution in [-0.2, 0) is 38.2 Å². The van der Waals surface area contributed by atoms with Crippen molar-refractivity contribution in [3.05, 3.63) is 91.0 Å². The minimum atomic E-state index is -1.98. The molecule has 1 aliphatic heterocycles. The first-order valence-electron chi connectivity index (χ1n) is 17.6. The zero-order valence-corrected chi connectivity index (χ0v) is 33.8. The zero-order chi connectivity index (χ0) is 38.2. The molecule has 3 aromatic carbocycles. The lowest BCUT2D eigenvalue weighted by molar-refractivity contribution is -0.142. The number of imide groups is 1. The molecule has 0 aromatic heterocycles. The fourth-order valence-electron chi connectivity index (χ4n) is 6.27. The number of rotatable bonds is 20. The van der Waals surface area contributed by atoms with Gasteiger partial charge in [-0.1, -0.05) is 54.6 Å². The molecule has 12 nitrogen and oxygen atoms in total. The summed E-state index contributed by atoms with van der Waals surface area (Å²) in [5.74, 6) is -3.22. The van der Waals surface area contributed by atoms with E-state index in [4.69, 9.17) is 5.73 Å². The molecule has 1 aliphatic rings. The Hall–Kier alpha value is -4.10. The molecule has 1 heterocycles. The Bertz CT molecular complexity index is 1610. The average molecular weight is 844 g/mol. The predicted octanol–water partition coefficient (Wildman–Crippen LogP) is -0.930. The van der Waals surface area contributed by atoms with Crippen molar-refractivity contribution in [1.82, 2.24) is 15.5 Å². The highest BCUT2D eigenvalue weighted by molar-refractivity contribution is 8.00. The molecule has 3 atom stereocenters. The highest BCUT2D eigenvalue weighted by Gasteiger charge is 2.45. The number of hydrogen-bond donors (Lipinski definition) is 3. The molecule has 0 radical (unpaired) electrons. The molecule has 54 heavy (non-hydrogen) atoms. The fourth-order valence-corrected chi connectivity index (χ4v) is 11.9. The second kappa shape index (κ2) is 22.3. The molecule has 3 aromatic rings. The Morgan fingerprint density at radius 1 is 0.852 bits per heavy atom. The molecule has 0 saturated carbocycles. The summed E-state index contributed by atoms with van der Waals surface area (Å²) in [6, 6.07) is 29.8. The van der Waals surface area contributed by atoms with E-state index in [1.54, 1.807) is 0 Å². The van der Waals surface area contributed by atoms with Crippen LogP contribution < -0.4 is 49.3 Å². The van der Waals surface area contributed by atoms with Crippen molar-refractivity contribution < 1.29 is 55.2 Å². The second-order valence-corrected chi connectivity index (χ2v) is 17.4. The third kappa shape index (κ3) is 11.9. The largest absolute Gasteiger partial charge is 1.00 e. The Labute approximate surface area is 331 Å². The Morgan fingerprint density at radius 2 is 1.41 bits per heavy atom. The summed E-state index contributed by atoms with van der Waals surface area (Å²) in [5, 5.41) is 8.20. The van der Waals surface area contributed by atoms with Gasteiger partial charge in [0.15, 0.2) is 0 Å². The van der Waals surface area contributed by atoms with Gasteiger partial charge in [-0.05, 0) is 62.1 Å². The molecule has 3 unspecified atom stereocenters. The maximum absolute atomic E-state index is 13.4. The summed E-state index contributed by atoms with van der Waals surface area (Å²) >= 11 is 1.09. The van der Waals surface area contributed by atoms with Crippen molar-refractivity contribution in [2.24, 2.45) is 5.73 Å². The van der Waals surface area contributed by atoms with E-state index in [-0.39, 0.29) is 53.8 Å². The predicted molar refractivity (Wildman–Crippen MR) is 208 cm³/mol. The number of nitrogens with two attached hydrogens (primary N) is 1. The van der Waals surface area contributed by atoms with E-state index in [1.165, 1.54) is 35.0 Å². The Balaban J connectivity index is 0.00000784. The van der Waals surface area contributed by atoms with Gasteiger partial charge in [0, 0.05) is 25.1 Å². The standard InChI is InChI=1S/C39H47N4O8PS.BrH/c1-50-36(46)26-41-37(47)32(42-34(44)22-21-31(40)39(49)51-2)27-53-33-25-35(45)43(38(33)48)23-13-6-14-24-52(28-15-7-3-8-16-28,29-17-9-4-10-18-29)30-19-11-5-12-20-30;/h3-5,7-12,15-20,31-33H,6,13-14,21-27,40H2,1-2H3,(H-,41,42,44,47);1H. The smallest absolute Gasteiger partial charge is 0.325 e. The van der Waals surface area contributed by atoms with Crippen molar-refractivity contribution in [3.8, 4) is 0 Å². The Morgan fingerprint density at radius 3 is 1.93 bits per heavy atom. The van der Waals surface area contributed by atoms with Gasteiger partial charge in [-0.3, -0.25) is 33.7 Å².